The van der Waals surface area contributed by atoms with Crippen molar-refractivity contribution in [1.29, 1.82) is 0 Å². The van der Waals surface area contributed by atoms with E-state index in [0.29, 0.717) is 16.3 Å². The van der Waals surface area contributed by atoms with E-state index in [0.717, 1.165) is 26.7 Å². The Kier molecular flexibility index (Phi) is 7.75. The highest BCUT2D eigenvalue weighted by Gasteiger charge is 2.31. The Morgan fingerprint density at radius 3 is 2.28 bits per heavy atom. The number of thioether (sulfide) groups is 1. The zero-order valence-electron chi connectivity index (χ0n) is 15.3. The van der Waals surface area contributed by atoms with Crippen LogP contribution < -0.4 is 10.5 Å². The first kappa shape index (κ1) is 23.3. The molecule has 0 bridgehead atoms. The van der Waals surface area contributed by atoms with E-state index in [4.69, 9.17) is 21.2 Å². The number of nitrogens with two attached hydrogens (primary N) is 1. The summed E-state index contributed by atoms with van der Waals surface area (Å²) in [6.45, 7) is 0. The largest absolute Gasteiger partial charge is 0.495 e. The fourth-order valence-corrected chi connectivity index (χ4v) is 4.23. The summed E-state index contributed by atoms with van der Waals surface area (Å²) in [5.41, 5.74) is 6.99. The number of methoxy groups -OCH3 is 1. The molecule has 154 valence electrons. The maximum absolute atomic E-state index is 11.8. The molecule has 3 rings (SSSR count). The molecule has 1 heterocycles. The molecule has 2 aromatic carbocycles. The monoisotopic (exact) mass is 518 g/mol. The van der Waals surface area contributed by atoms with Crippen molar-refractivity contribution in [3.8, 4) is 5.75 Å². The minimum Gasteiger partial charge on any atom is -0.495 e. The number of nitrogens with zero attached hydrogens (tertiary/aromatic N) is 1. The third-order valence-corrected chi connectivity index (χ3v) is 6.66. The number of likely N-dealkylation sites (N-methyl/N-ethyl adjacent to an activating group) is 1. The number of benzene rings is 2. The highest BCUT2D eigenvalue weighted by atomic mass is 79.9. The summed E-state index contributed by atoms with van der Waals surface area (Å²) >= 11 is 4.28. The molecule has 1 aliphatic rings. The van der Waals surface area contributed by atoms with Crippen LogP contribution in [0.4, 0.5) is 10.5 Å². The number of anilines is 1. The lowest BCUT2D eigenvalue weighted by Gasteiger charge is -2.08. The van der Waals surface area contributed by atoms with Gasteiger partial charge in [-0.1, -0.05) is 34.1 Å². The molecule has 2 aromatic rings. The Morgan fingerprint density at radius 2 is 1.83 bits per heavy atom. The second-order valence-electron chi connectivity index (χ2n) is 5.61. The number of carbonyl (C=O) groups is 2. The summed E-state index contributed by atoms with van der Waals surface area (Å²) in [6.07, 6.45) is 1.64. The average Bonchev–Trinajstić information content (AvgIpc) is 2.91. The fraction of sp³-hybridized carbons (Fsp3) is 0.111. The number of rotatable bonds is 3. The molecule has 1 fully saturated rings. The Balaban J connectivity index is 0.000000253. The van der Waals surface area contributed by atoms with E-state index in [2.05, 4.69) is 15.9 Å². The van der Waals surface area contributed by atoms with Gasteiger partial charge in [-0.3, -0.25) is 14.5 Å². The molecular weight excluding hydrogens is 504 g/mol. The number of nitrogen functional groups attached to an aromatic ring is 1. The van der Waals surface area contributed by atoms with Crippen LogP contribution in [0.5, 0.6) is 5.75 Å². The van der Waals surface area contributed by atoms with Gasteiger partial charge in [-0.25, -0.2) is 8.42 Å². The second kappa shape index (κ2) is 9.66. The fourth-order valence-electron chi connectivity index (χ4n) is 2.14. The second-order valence-corrected chi connectivity index (χ2v) is 10.0. The van der Waals surface area contributed by atoms with Crippen LogP contribution in [0.3, 0.4) is 0 Å². The number of halogens is 2. The van der Waals surface area contributed by atoms with E-state index < -0.39 is 9.05 Å². The lowest BCUT2D eigenvalue weighted by molar-refractivity contribution is -0.121. The van der Waals surface area contributed by atoms with Gasteiger partial charge < -0.3 is 10.5 Å². The molecule has 0 saturated carbocycles. The lowest BCUT2D eigenvalue weighted by Crippen LogP contribution is -2.22. The van der Waals surface area contributed by atoms with Gasteiger partial charge in [0.1, 0.15) is 5.75 Å². The normalized spacial score (nSPS) is 15.3. The molecule has 0 unspecified atom stereocenters. The summed E-state index contributed by atoms with van der Waals surface area (Å²) in [7, 11) is 4.47. The third kappa shape index (κ3) is 5.99. The molecule has 1 aliphatic heterocycles. The van der Waals surface area contributed by atoms with Gasteiger partial charge in [0.2, 0.25) is 0 Å². The number of ether oxygens (including phenoxy) is 1. The predicted molar refractivity (Wildman–Crippen MR) is 118 cm³/mol. The van der Waals surface area contributed by atoms with Crippen molar-refractivity contribution in [3.63, 3.8) is 0 Å². The summed E-state index contributed by atoms with van der Waals surface area (Å²) in [5, 5.41) is -0.283. The van der Waals surface area contributed by atoms with Gasteiger partial charge in [-0.2, -0.15) is 0 Å². The highest BCUT2D eigenvalue weighted by molar-refractivity contribution is 9.10. The molecule has 2 N–H and O–H groups in total. The van der Waals surface area contributed by atoms with Gasteiger partial charge in [0.25, 0.3) is 20.2 Å². The van der Waals surface area contributed by atoms with Gasteiger partial charge in [0.05, 0.1) is 22.6 Å². The first-order chi connectivity index (χ1) is 13.5. The van der Waals surface area contributed by atoms with Crippen molar-refractivity contribution in [3.05, 3.63) is 57.4 Å². The molecule has 11 heteroatoms. The maximum atomic E-state index is 11.8. The van der Waals surface area contributed by atoms with E-state index in [1.807, 2.05) is 0 Å². The summed E-state index contributed by atoms with van der Waals surface area (Å²) in [6, 6.07) is 11.3. The Hall–Kier alpha value is -2.01. The quantitative estimate of drug-likeness (QED) is 0.365. The van der Waals surface area contributed by atoms with Crippen molar-refractivity contribution in [2.24, 2.45) is 0 Å². The first-order valence-corrected chi connectivity index (χ1v) is 11.8. The molecule has 0 radical (unpaired) electrons. The van der Waals surface area contributed by atoms with Crippen LogP contribution in [0.15, 0.2) is 56.7 Å². The van der Waals surface area contributed by atoms with Crippen LogP contribution in [0.25, 0.3) is 6.08 Å². The van der Waals surface area contributed by atoms with Crippen LogP contribution in [0.2, 0.25) is 0 Å². The maximum Gasteiger partial charge on any atom is 0.293 e. The van der Waals surface area contributed by atoms with Gasteiger partial charge in [-0.05, 0) is 47.7 Å². The van der Waals surface area contributed by atoms with Gasteiger partial charge in [0, 0.05) is 22.2 Å². The zero-order valence-corrected chi connectivity index (χ0v) is 19.2. The van der Waals surface area contributed by atoms with E-state index in [1.54, 1.807) is 36.4 Å². The van der Waals surface area contributed by atoms with Crippen LogP contribution in [0.1, 0.15) is 5.56 Å². The highest BCUT2D eigenvalue weighted by Crippen LogP contribution is 2.35. The van der Waals surface area contributed by atoms with Crippen molar-refractivity contribution in [1.82, 2.24) is 4.90 Å². The molecule has 0 atom stereocenters. The average molecular weight is 520 g/mol. The Morgan fingerprint density at radius 1 is 1.21 bits per heavy atom. The lowest BCUT2D eigenvalue weighted by atomic mass is 10.1. The number of hydrogen-bond donors (Lipinski definition) is 1. The van der Waals surface area contributed by atoms with E-state index in [9.17, 15) is 18.0 Å². The van der Waals surface area contributed by atoms with Crippen molar-refractivity contribution < 1.29 is 22.7 Å². The smallest absolute Gasteiger partial charge is 0.293 e. The van der Waals surface area contributed by atoms with E-state index >= 15 is 0 Å². The van der Waals surface area contributed by atoms with E-state index in [1.165, 1.54) is 26.3 Å². The predicted octanol–water partition coefficient (Wildman–Crippen LogP) is 4.32. The summed E-state index contributed by atoms with van der Waals surface area (Å²) in [4.78, 5) is 24.8. The number of hydrogen-bond acceptors (Lipinski definition) is 7. The number of amides is 2. The van der Waals surface area contributed by atoms with Crippen LogP contribution in [0, 0.1) is 0 Å². The van der Waals surface area contributed by atoms with Crippen molar-refractivity contribution >= 4 is 70.3 Å². The third-order valence-electron chi connectivity index (χ3n) is 3.65. The molecule has 2 amide bonds. The molecule has 0 aliphatic carbocycles. The standard InChI is InChI=1S/C12H11BrN2O3S.C6H5ClO2S/c1-15-11(16)10(19-12(15)17)4-6-3-9(18-2)8(14)5-7(6)13;7-10(8,9)6-4-2-1-3-5-6/h3-5H,14H2,1-2H3;1-5H/b10-4-;. The zero-order chi connectivity index (χ0) is 21.8. The Labute approximate surface area is 185 Å². The molecule has 1 saturated heterocycles. The van der Waals surface area contributed by atoms with Crippen LogP contribution in [-0.2, 0) is 13.8 Å². The minimum atomic E-state index is -3.53. The molecule has 7 nitrogen and oxygen atoms in total. The number of imide groups is 1. The molecule has 29 heavy (non-hydrogen) atoms. The molecular formula is C18H16BrClN2O5S2. The van der Waals surface area contributed by atoms with Gasteiger partial charge in [-0.15, -0.1) is 0 Å². The summed E-state index contributed by atoms with van der Waals surface area (Å²) < 4.78 is 27.1. The van der Waals surface area contributed by atoms with Crippen LogP contribution in [-0.4, -0.2) is 38.6 Å². The van der Waals surface area contributed by atoms with Crippen molar-refractivity contribution in [2.75, 3.05) is 19.9 Å². The Bertz CT molecular complexity index is 1080. The topological polar surface area (TPSA) is 107 Å². The van der Waals surface area contributed by atoms with Gasteiger partial charge >= 0.3 is 0 Å². The van der Waals surface area contributed by atoms with Gasteiger partial charge in [0.15, 0.2) is 0 Å². The molecule has 0 spiro atoms. The summed E-state index contributed by atoms with van der Waals surface area (Å²) in [5.74, 6) is 0.211. The molecule has 0 aromatic heterocycles. The van der Waals surface area contributed by atoms with Crippen molar-refractivity contribution in [2.45, 2.75) is 4.90 Å². The SMILES string of the molecule is COc1cc(/C=C2\SC(=O)N(C)C2=O)c(Br)cc1N.O=S(=O)(Cl)c1ccccc1. The first-order valence-electron chi connectivity index (χ1n) is 7.89. The van der Waals surface area contributed by atoms with Crippen LogP contribution >= 0.6 is 38.4 Å². The van der Waals surface area contributed by atoms with E-state index in [-0.39, 0.29) is 16.0 Å². The minimum absolute atomic E-state index is 0.136. The number of carbonyl (C=O) groups excluding carboxylic acids is 2.